The van der Waals surface area contributed by atoms with E-state index in [4.69, 9.17) is 4.74 Å². The molecular formula is C19H32ClNO2. The lowest BCUT2D eigenvalue weighted by molar-refractivity contribution is 0.00522. The van der Waals surface area contributed by atoms with E-state index in [1.807, 2.05) is 19.1 Å². The third-order valence-corrected chi connectivity index (χ3v) is 4.96. The molecule has 0 radical (unpaired) electrons. The highest BCUT2D eigenvalue weighted by Crippen LogP contribution is 2.40. The van der Waals surface area contributed by atoms with Crippen molar-refractivity contribution < 1.29 is 9.84 Å². The summed E-state index contributed by atoms with van der Waals surface area (Å²) >= 11 is 0. The number of β-amino-alcohol motifs (C(OH)–C–C–N with tert-alkyl or cyclic N) is 1. The Balaban J connectivity index is 0.00000264. The van der Waals surface area contributed by atoms with Crippen molar-refractivity contribution in [1.82, 2.24) is 4.90 Å². The van der Waals surface area contributed by atoms with Crippen molar-refractivity contribution >= 4 is 12.4 Å². The van der Waals surface area contributed by atoms with Crippen LogP contribution in [0.4, 0.5) is 0 Å². The van der Waals surface area contributed by atoms with Crippen LogP contribution < -0.4 is 4.74 Å². The Morgan fingerprint density at radius 1 is 1.13 bits per heavy atom. The average molecular weight is 342 g/mol. The van der Waals surface area contributed by atoms with Crippen molar-refractivity contribution in [2.24, 2.45) is 0 Å². The summed E-state index contributed by atoms with van der Waals surface area (Å²) in [5, 5.41) is 10.4. The second-order valence-electron chi connectivity index (χ2n) is 7.97. The van der Waals surface area contributed by atoms with Crippen LogP contribution in [-0.4, -0.2) is 40.3 Å². The Labute approximate surface area is 147 Å². The van der Waals surface area contributed by atoms with Crippen LogP contribution in [0.3, 0.4) is 0 Å². The van der Waals surface area contributed by atoms with Gasteiger partial charge in [0, 0.05) is 17.6 Å². The predicted octanol–water partition coefficient (Wildman–Crippen LogP) is 4.12. The SMILES string of the molecule is Cc1ccc(OCC(O)CN2C(C)(C)CCC2(C)C)c(C)c1.Cl. The van der Waals surface area contributed by atoms with Crippen molar-refractivity contribution in [3.8, 4) is 5.75 Å². The molecule has 1 N–H and O–H groups in total. The van der Waals surface area contributed by atoms with Gasteiger partial charge < -0.3 is 9.84 Å². The Morgan fingerprint density at radius 3 is 2.22 bits per heavy atom. The van der Waals surface area contributed by atoms with Crippen LogP contribution in [0.5, 0.6) is 5.75 Å². The van der Waals surface area contributed by atoms with Crippen molar-refractivity contribution in [1.29, 1.82) is 0 Å². The standard InChI is InChI=1S/C19H31NO2.ClH/c1-14-7-8-17(15(2)11-14)22-13-16(21)12-20-18(3,4)9-10-19(20,5)6;/h7-8,11,16,21H,9-10,12-13H2,1-6H3;1H. The van der Waals surface area contributed by atoms with Crippen molar-refractivity contribution in [2.75, 3.05) is 13.2 Å². The first-order valence-corrected chi connectivity index (χ1v) is 8.28. The molecule has 4 heteroatoms. The summed E-state index contributed by atoms with van der Waals surface area (Å²) in [6.07, 6.45) is 1.87. The molecule has 0 amide bonds. The third-order valence-electron chi connectivity index (χ3n) is 4.96. The van der Waals surface area contributed by atoms with Gasteiger partial charge in [0.05, 0.1) is 0 Å². The van der Waals surface area contributed by atoms with Gasteiger partial charge in [-0.05, 0) is 66.0 Å². The number of hydrogen-bond acceptors (Lipinski definition) is 3. The van der Waals surface area contributed by atoms with Crippen LogP contribution in [0.25, 0.3) is 0 Å². The van der Waals surface area contributed by atoms with Crippen LogP contribution in [0.15, 0.2) is 18.2 Å². The second-order valence-corrected chi connectivity index (χ2v) is 7.97. The Kier molecular flexibility index (Phi) is 6.54. The molecule has 1 aromatic carbocycles. The van der Waals surface area contributed by atoms with Crippen LogP contribution >= 0.6 is 12.4 Å². The van der Waals surface area contributed by atoms with E-state index in [0.717, 1.165) is 11.3 Å². The fraction of sp³-hybridized carbons (Fsp3) is 0.684. The van der Waals surface area contributed by atoms with Gasteiger partial charge in [-0.25, -0.2) is 0 Å². The van der Waals surface area contributed by atoms with Gasteiger partial charge >= 0.3 is 0 Å². The Morgan fingerprint density at radius 2 is 1.70 bits per heavy atom. The summed E-state index contributed by atoms with van der Waals surface area (Å²) < 4.78 is 5.82. The number of ether oxygens (including phenoxy) is 1. The summed E-state index contributed by atoms with van der Waals surface area (Å²) in [7, 11) is 0. The molecule has 1 unspecified atom stereocenters. The number of nitrogens with zero attached hydrogens (tertiary/aromatic N) is 1. The molecule has 2 rings (SSSR count). The topological polar surface area (TPSA) is 32.7 Å². The summed E-state index contributed by atoms with van der Waals surface area (Å²) in [4.78, 5) is 2.43. The first-order chi connectivity index (χ1) is 10.1. The molecule has 1 aromatic rings. The van der Waals surface area contributed by atoms with Crippen LogP contribution in [0, 0.1) is 13.8 Å². The van der Waals surface area contributed by atoms with E-state index in [0.29, 0.717) is 13.2 Å². The number of aryl methyl sites for hydroxylation is 2. The summed E-state index contributed by atoms with van der Waals surface area (Å²) in [6.45, 7) is 14.2. The minimum atomic E-state index is -0.475. The molecule has 1 fully saturated rings. The zero-order valence-electron chi connectivity index (χ0n) is 15.3. The molecule has 1 heterocycles. The fourth-order valence-corrected chi connectivity index (χ4v) is 3.61. The number of likely N-dealkylation sites (tertiary alicyclic amines) is 1. The molecule has 132 valence electrons. The molecular weight excluding hydrogens is 310 g/mol. The van der Waals surface area contributed by atoms with Gasteiger partial charge in [-0.3, -0.25) is 4.90 Å². The smallest absolute Gasteiger partial charge is 0.122 e. The maximum atomic E-state index is 10.4. The van der Waals surface area contributed by atoms with E-state index in [2.05, 4.69) is 45.6 Å². The van der Waals surface area contributed by atoms with Crippen LogP contribution in [0.1, 0.15) is 51.7 Å². The maximum Gasteiger partial charge on any atom is 0.122 e. The third kappa shape index (κ3) is 4.85. The van der Waals surface area contributed by atoms with Crippen LogP contribution in [-0.2, 0) is 0 Å². The van der Waals surface area contributed by atoms with Crippen molar-refractivity contribution in [2.45, 2.75) is 71.6 Å². The average Bonchev–Trinajstić information content (AvgIpc) is 2.61. The first kappa shape index (κ1) is 20.3. The lowest BCUT2D eigenvalue weighted by atomic mass is 10.0. The molecule has 1 saturated heterocycles. The number of rotatable bonds is 5. The number of halogens is 1. The van der Waals surface area contributed by atoms with Gasteiger partial charge in [0.2, 0.25) is 0 Å². The molecule has 1 atom stereocenters. The van der Waals surface area contributed by atoms with E-state index >= 15 is 0 Å². The molecule has 0 aliphatic carbocycles. The molecule has 1 aliphatic heterocycles. The number of benzene rings is 1. The molecule has 23 heavy (non-hydrogen) atoms. The normalized spacial score (nSPS) is 20.8. The number of hydrogen-bond donors (Lipinski definition) is 1. The molecule has 3 nitrogen and oxygen atoms in total. The fourth-order valence-electron chi connectivity index (χ4n) is 3.61. The summed E-state index contributed by atoms with van der Waals surface area (Å²) in [5.74, 6) is 0.865. The minimum Gasteiger partial charge on any atom is -0.491 e. The van der Waals surface area contributed by atoms with E-state index < -0.39 is 6.10 Å². The van der Waals surface area contributed by atoms with E-state index in [-0.39, 0.29) is 23.5 Å². The number of aliphatic hydroxyl groups is 1. The van der Waals surface area contributed by atoms with Gasteiger partial charge in [-0.1, -0.05) is 17.7 Å². The summed E-state index contributed by atoms with van der Waals surface area (Å²) in [6, 6.07) is 6.14. The van der Waals surface area contributed by atoms with Crippen molar-refractivity contribution in [3.05, 3.63) is 29.3 Å². The maximum absolute atomic E-state index is 10.4. The molecule has 1 aliphatic rings. The molecule has 0 bridgehead atoms. The second kappa shape index (κ2) is 7.42. The lowest BCUT2D eigenvalue weighted by Gasteiger charge is -2.41. The largest absolute Gasteiger partial charge is 0.491 e. The lowest BCUT2D eigenvalue weighted by Crippen LogP contribution is -2.52. The highest BCUT2D eigenvalue weighted by atomic mass is 35.5. The quantitative estimate of drug-likeness (QED) is 0.874. The highest BCUT2D eigenvalue weighted by Gasteiger charge is 2.44. The van der Waals surface area contributed by atoms with Gasteiger partial charge in [0.15, 0.2) is 0 Å². The van der Waals surface area contributed by atoms with E-state index in [9.17, 15) is 5.11 Å². The molecule has 0 spiro atoms. The Hall–Kier alpha value is -0.770. The van der Waals surface area contributed by atoms with Crippen LogP contribution in [0.2, 0.25) is 0 Å². The highest BCUT2D eigenvalue weighted by molar-refractivity contribution is 5.85. The Bertz CT molecular complexity index is 512. The van der Waals surface area contributed by atoms with Gasteiger partial charge in [-0.15, -0.1) is 12.4 Å². The minimum absolute atomic E-state index is 0. The predicted molar refractivity (Wildman–Crippen MR) is 98.8 cm³/mol. The number of aliphatic hydroxyl groups excluding tert-OH is 1. The molecule has 0 saturated carbocycles. The van der Waals surface area contributed by atoms with E-state index in [1.54, 1.807) is 0 Å². The van der Waals surface area contributed by atoms with Crippen molar-refractivity contribution in [3.63, 3.8) is 0 Å². The van der Waals surface area contributed by atoms with E-state index in [1.165, 1.54) is 18.4 Å². The first-order valence-electron chi connectivity index (χ1n) is 8.28. The summed E-state index contributed by atoms with van der Waals surface area (Å²) in [5.41, 5.74) is 2.63. The van der Waals surface area contributed by atoms with Gasteiger partial charge in [-0.2, -0.15) is 0 Å². The zero-order chi connectivity index (χ0) is 16.5. The van der Waals surface area contributed by atoms with Gasteiger partial charge in [0.1, 0.15) is 18.5 Å². The zero-order valence-corrected chi connectivity index (χ0v) is 16.2. The monoisotopic (exact) mass is 341 g/mol. The van der Waals surface area contributed by atoms with Gasteiger partial charge in [0.25, 0.3) is 0 Å². The molecule has 0 aromatic heterocycles.